The van der Waals surface area contributed by atoms with E-state index in [0.29, 0.717) is 11.5 Å². The molecule has 1 atom stereocenters. The summed E-state index contributed by atoms with van der Waals surface area (Å²) in [5, 5.41) is 20.9. The van der Waals surface area contributed by atoms with Crippen LogP contribution in [0.4, 0.5) is 5.82 Å². The molecule has 1 aromatic rings. The second kappa shape index (κ2) is 5.46. The third kappa shape index (κ3) is 3.20. The standard InChI is InChI=1S/C11H16N2O3/c1-3-9(6-14)13-10-5-8(11(15)16)4-7(2)12-10/h4-5,9,14H,3,6H2,1-2H3,(H,12,13)(H,15,16). The second-order valence-corrected chi connectivity index (χ2v) is 3.62. The van der Waals surface area contributed by atoms with Crippen molar-refractivity contribution in [2.24, 2.45) is 0 Å². The number of nitrogens with one attached hydrogen (secondary N) is 1. The number of hydrogen-bond acceptors (Lipinski definition) is 4. The Bertz CT molecular complexity index is 375. The molecule has 0 fully saturated rings. The van der Waals surface area contributed by atoms with Gasteiger partial charge in [0.05, 0.1) is 18.2 Å². The molecule has 0 aliphatic carbocycles. The number of hydrogen-bond donors (Lipinski definition) is 3. The van der Waals surface area contributed by atoms with Crippen LogP contribution in [0.5, 0.6) is 0 Å². The Kier molecular flexibility index (Phi) is 4.25. The number of aliphatic hydroxyl groups excluding tert-OH is 1. The predicted octanol–water partition coefficient (Wildman–Crippen LogP) is 1.27. The number of pyridine rings is 1. The lowest BCUT2D eigenvalue weighted by Crippen LogP contribution is -2.23. The highest BCUT2D eigenvalue weighted by molar-refractivity contribution is 5.88. The molecular formula is C11H16N2O3. The Morgan fingerprint density at radius 2 is 2.25 bits per heavy atom. The van der Waals surface area contributed by atoms with Crippen molar-refractivity contribution < 1.29 is 15.0 Å². The van der Waals surface area contributed by atoms with Gasteiger partial charge in [-0.1, -0.05) is 6.92 Å². The smallest absolute Gasteiger partial charge is 0.335 e. The van der Waals surface area contributed by atoms with Gasteiger partial charge in [-0.05, 0) is 25.5 Å². The van der Waals surface area contributed by atoms with E-state index in [4.69, 9.17) is 10.2 Å². The summed E-state index contributed by atoms with van der Waals surface area (Å²) in [7, 11) is 0. The average molecular weight is 224 g/mol. The van der Waals surface area contributed by atoms with Gasteiger partial charge < -0.3 is 15.5 Å². The number of anilines is 1. The summed E-state index contributed by atoms with van der Waals surface area (Å²) in [4.78, 5) is 15.0. The van der Waals surface area contributed by atoms with Crippen molar-refractivity contribution in [3.8, 4) is 0 Å². The van der Waals surface area contributed by atoms with E-state index in [2.05, 4.69) is 10.3 Å². The summed E-state index contributed by atoms with van der Waals surface area (Å²) in [6, 6.07) is 2.87. The second-order valence-electron chi connectivity index (χ2n) is 3.62. The molecule has 0 saturated heterocycles. The topological polar surface area (TPSA) is 82.5 Å². The van der Waals surface area contributed by atoms with Crippen LogP contribution < -0.4 is 5.32 Å². The van der Waals surface area contributed by atoms with Crippen molar-refractivity contribution >= 4 is 11.8 Å². The van der Waals surface area contributed by atoms with Crippen LogP contribution in [0.15, 0.2) is 12.1 Å². The SMILES string of the molecule is CCC(CO)Nc1cc(C(=O)O)cc(C)n1. The Hall–Kier alpha value is -1.62. The molecule has 1 rings (SSSR count). The monoisotopic (exact) mass is 224 g/mol. The maximum atomic E-state index is 10.8. The number of carbonyl (C=O) groups is 1. The van der Waals surface area contributed by atoms with Gasteiger partial charge in [0.25, 0.3) is 0 Å². The third-order valence-electron chi connectivity index (χ3n) is 2.27. The molecule has 16 heavy (non-hydrogen) atoms. The zero-order chi connectivity index (χ0) is 12.1. The fraction of sp³-hybridized carbons (Fsp3) is 0.455. The first kappa shape index (κ1) is 12.4. The minimum absolute atomic E-state index is 0.00543. The van der Waals surface area contributed by atoms with Gasteiger partial charge in [0.1, 0.15) is 5.82 Å². The molecule has 1 unspecified atom stereocenters. The van der Waals surface area contributed by atoms with Crippen LogP contribution in [0.3, 0.4) is 0 Å². The zero-order valence-corrected chi connectivity index (χ0v) is 9.40. The summed E-state index contributed by atoms with van der Waals surface area (Å²) in [5.41, 5.74) is 0.831. The molecule has 88 valence electrons. The summed E-state index contributed by atoms with van der Waals surface area (Å²) < 4.78 is 0. The van der Waals surface area contributed by atoms with Gasteiger partial charge in [0.15, 0.2) is 0 Å². The number of carboxylic acid groups (broad SMARTS) is 1. The van der Waals surface area contributed by atoms with Crippen LogP contribution in [0.25, 0.3) is 0 Å². The van der Waals surface area contributed by atoms with E-state index < -0.39 is 5.97 Å². The number of aromatic nitrogens is 1. The van der Waals surface area contributed by atoms with Gasteiger partial charge in [-0.15, -0.1) is 0 Å². The fourth-order valence-corrected chi connectivity index (χ4v) is 1.35. The van der Waals surface area contributed by atoms with E-state index in [1.807, 2.05) is 6.92 Å². The van der Waals surface area contributed by atoms with Crippen molar-refractivity contribution in [3.05, 3.63) is 23.4 Å². The van der Waals surface area contributed by atoms with E-state index >= 15 is 0 Å². The van der Waals surface area contributed by atoms with E-state index in [9.17, 15) is 4.79 Å². The van der Waals surface area contributed by atoms with Gasteiger partial charge in [-0.25, -0.2) is 9.78 Å². The Morgan fingerprint density at radius 3 is 2.75 bits per heavy atom. The fourth-order valence-electron chi connectivity index (χ4n) is 1.35. The highest BCUT2D eigenvalue weighted by Crippen LogP contribution is 2.12. The van der Waals surface area contributed by atoms with Crippen LogP contribution in [0.2, 0.25) is 0 Å². The summed E-state index contributed by atoms with van der Waals surface area (Å²) >= 11 is 0. The Morgan fingerprint density at radius 1 is 1.56 bits per heavy atom. The van der Waals surface area contributed by atoms with Gasteiger partial charge in [-0.2, -0.15) is 0 Å². The number of aliphatic hydroxyl groups is 1. The molecular weight excluding hydrogens is 208 g/mol. The molecule has 3 N–H and O–H groups in total. The Balaban J connectivity index is 2.91. The van der Waals surface area contributed by atoms with Gasteiger partial charge in [0, 0.05) is 5.69 Å². The van der Waals surface area contributed by atoms with E-state index in [-0.39, 0.29) is 18.2 Å². The van der Waals surface area contributed by atoms with Gasteiger partial charge in [0.2, 0.25) is 0 Å². The number of rotatable bonds is 5. The lowest BCUT2D eigenvalue weighted by molar-refractivity contribution is 0.0696. The number of aromatic carboxylic acids is 1. The van der Waals surface area contributed by atoms with E-state index in [1.54, 1.807) is 6.92 Å². The van der Waals surface area contributed by atoms with Crippen LogP contribution in [0, 0.1) is 6.92 Å². The van der Waals surface area contributed by atoms with Crippen molar-refractivity contribution in [2.75, 3.05) is 11.9 Å². The van der Waals surface area contributed by atoms with Crippen molar-refractivity contribution in [3.63, 3.8) is 0 Å². The third-order valence-corrected chi connectivity index (χ3v) is 2.27. The molecule has 1 heterocycles. The molecule has 1 aromatic heterocycles. The van der Waals surface area contributed by atoms with E-state index in [1.165, 1.54) is 12.1 Å². The average Bonchev–Trinajstić information content (AvgIpc) is 2.25. The first-order valence-electron chi connectivity index (χ1n) is 5.16. The molecule has 0 aromatic carbocycles. The van der Waals surface area contributed by atoms with E-state index in [0.717, 1.165) is 6.42 Å². The molecule has 0 aliphatic rings. The predicted molar refractivity (Wildman–Crippen MR) is 60.7 cm³/mol. The van der Waals surface area contributed by atoms with Crippen LogP contribution in [0.1, 0.15) is 29.4 Å². The molecule has 0 spiro atoms. The summed E-state index contributed by atoms with van der Waals surface area (Å²) in [6.45, 7) is 3.66. The zero-order valence-electron chi connectivity index (χ0n) is 9.40. The van der Waals surface area contributed by atoms with Gasteiger partial charge >= 0.3 is 5.97 Å². The number of carboxylic acids is 1. The molecule has 5 heteroatoms. The highest BCUT2D eigenvalue weighted by atomic mass is 16.4. The number of nitrogens with zero attached hydrogens (tertiary/aromatic N) is 1. The minimum atomic E-state index is -0.981. The number of aryl methyl sites for hydroxylation is 1. The normalized spacial score (nSPS) is 12.2. The van der Waals surface area contributed by atoms with Crippen LogP contribution in [-0.4, -0.2) is 33.8 Å². The quantitative estimate of drug-likeness (QED) is 0.701. The highest BCUT2D eigenvalue weighted by Gasteiger charge is 2.09. The van der Waals surface area contributed by atoms with Crippen LogP contribution in [-0.2, 0) is 0 Å². The first-order valence-corrected chi connectivity index (χ1v) is 5.16. The molecule has 0 radical (unpaired) electrons. The first-order chi connectivity index (χ1) is 7.56. The lowest BCUT2D eigenvalue weighted by Gasteiger charge is -2.15. The maximum absolute atomic E-state index is 10.8. The molecule has 0 aliphatic heterocycles. The molecule has 5 nitrogen and oxygen atoms in total. The lowest BCUT2D eigenvalue weighted by atomic mass is 10.2. The van der Waals surface area contributed by atoms with Crippen molar-refractivity contribution in [1.29, 1.82) is 0 Å². The largest absolute Gasteiger partial charge is 0.478 e. The van der Waals surface area contributed by atoms with Crippen molar-refractivity contribution in [1.82, 2.24) is 4.98 Å². The van der Waals surface area contributed by atoms with Crippen LogP contribution >= 0.6 is 0 Å². The summed E-state index contributed by atoms with van der Waals surface area (Å²) in [5.74, 6) is -0.496. The maximum Gasteiger partial charge on any atom is 0.335 e. The summed E-state index contributed by atoms with van der Waals surface area (Å²) in [6.07, 6.45) is 0.745. The molecule has 0 saturated carbocycles. The molecule has 0 amide bonds. The van der Waals surface area contributed by atoms with Crippen molar-refractivity contribution in [2.45, 2.75) is 26.3 Å². The minimum Gasteiger partial charge on any atom is -0.478 e. The molecule has 0 bridgehead atoms. The Labute approximate surface area is 94.1 Å². The van der Waals surface area contributed by atoms with Gasteiger partial charge in [-0.3, -0.25) is 0 Å².